The van der Waals surface area contributed by atoms with E-state index >= 15 is 0 Å². The topological polar surface area (TPSA) is 24.5 Å². The summed E-state index contributed by atoms with van der Waals surface area (Å²) in [5, 5.41) is 3.80. The first-order chi connectivity index (χ1) is 10.7. The Balaban J connectivity index is 1.73. The van der Waals surface area contributed by atoms with E-state index in [-0.39, 0.29) is 5.60 Å². The fourth-order valence-electron chi connectivity index (χ4n) is 3.78. The van der Waals surface area contributed by atoms with Crippen molar-refractivity contribution in [2.45, 2.75) is 57.1 Å². The van der Waals surface area contributed by atoms with Gasteiger partial charge >= 0.3 is 0 Å². The minimum absolute atomic E-state index is 0.0449. The van der Waals surface area contributed by atoms with Crippen molar-refractivity contribution in [1.29, 1.82) is 0 Å². The number of para-hydroxylation sites is 1. The van der Waals surface area contributed by atoms with Gasteiger partial charge in [0.25, 0.3) is 0 Å². The molecule has 22 heavy (non-hydrogen) atoms. The van der Waals surface area contributed by atoms with Gasteiger partial charge in [-0.3, -0.25) is 0 Å². The predicted octanol–water partition coefficient (Wildman–Crippen LogP) is 3.75. The molecule has 122 valence electrons. The highest BCUT2D eigenvalue weighted by Crippen LogP contribution is 2.43. The first-order valence-corrected chi connectivity index (χ1v) is 8.92. The van der Waals surface area contributed by atoms with E-state index in [0.29, 0.717) is 6.04 Å². The number of rotatable bonds is 5. The first kappa shape index (κ1) is 15.8. The van der Waals surface area contributed by atoms with Gasteiger partial charge in [0.1, 0.15) is 11.4 Å². The molecule has 3 nitrogen and oxygen atoms in total. The van der Waals surface area contributed by atoms with Crippen molar-refractivity contribution >= 4 is 0 Å². The maximum Gasteiger partial charge on any atom is 0.124 e. The molecule has 2 heterocycles. The van der Waals surface area contributed by atoms with Crippen molar-refractivity contribution in [3.05, 3.63) is 29.8 Å². The van der Waals surface area contributed by atoms with Crippen LogP contribution in [0.1, 0.15) is 57.1 Å². The average Bonchev–Trinajstić information content (AvgIpc) is 2.54. The number of nitrogens with one attached hydrogen (secondary N) is 1. The lowest BCUT2D eigenvalue weighted by Crippen LogP contribution is -2.51. The zero-order valence-electron chi connectivity index (χ0n) is 14.1. The van der Waals surface area contributed by atoms with Crippen LogP contribution in [0.3, 0.4) is 0 Å². The van der Waals surface area contributed by atoms with E-state index < -0.39 is 0 Å². The molecule has 3 heteroatoms. The smallest absolute Gasteiger partial charge is 0.124 e. The van der Waals surface area contributed by atoms with E-state index in [4.69, 9.17) is 4.74 Å². The van der Waals surface area contributed by atoms with Gasteiger partial charge in [-0.25, -0.2) is 0 Å². The molecule has 0 amide bonds. The standard InChI is InChI=1S/C19H30N2O/c1-3-4-7-12-20-17-15-19(10-13-21(2)14-11-19)22-18-9-6-5-8-16(17)18/h5-6,8-9,17,20H,3-4,7,10-15H2,1-2H3. The number of ether oxygens (including phenoxy) is 1. The van der Waals surface area contributed by atoms with Crippen molar-refractivity contribution in [1.82, 2.24) is 10.2 Å². The molecule has 0 bridgehead atoms. The highest BCUT2D eigenvalue weighted by Gasteiger charge is 2.42. The van der Waals surface area contributed by atoms with Crippen LogP contribution in [0.4, 0.5) is 0 Å². The van der Waals surface area contributed by atoms with Crippen LogP contribution in [0, 0.1) is 0 Å². The maximum atomic E-state index is 6.50. The highest BCUT2D eigenvalue weighted by molar-refractivity contribution is 5.39. The number of unbranched alkanes of at least 4 members (excludes halogenated alkanes) is 2. The maximum absolute atomic E-state index is 6.50. The Morgan fingerprint density at radius 2 is 2.00 bits per heavy atom. The lowest BCUT2D eigenvalue weighted by molar-refractivity contribution is -0.0202. The molecule has 0 radical (unpaired) electrons. The van der Waals surface area contributed by atoms with Crippen molar-refractivity contribution in [3.63, 3.8) is 0 Å². The molecule has 2 aliphatic heterocycles. The minimum atomic E-state index is 0.0449. The van der Waals surface area contributed by atoms with E-state index in [1.807, 2.05) is 0 Å². The van der Waals surface area contributed by atoms with E-state index in [0.717, 1.165) is 44.6 Å². The van der Waals surface area contributed by atoms with Crippen LogP contribution < -0.4 is 10.1 Å². The van der Waals surface area contributed by atoms with Gasteiger partial charge in [0.2, 0.25) is 0 Å². The third kappa shape index (κ3) is 3.47. The summed E-state index contributed by atoms with van der Waals surface area (Å²) in [4.78, 5) is 2.42. The van der Waals surface area contributed by atoms with Gasteiger partial charge in [-0.15, -0.1) is 0 Å². The monoisotopic (exact) mass is 302 g/mol. The molecule has 1 aromatic rings. The summed E-state index contributed by atoms with van der Waals surface area (Å²) in [6, 6.07) is 9.06. The van der Waals surface area contributed by atoms with Crippen molar-refractivity contribution in [2.24, 2.45) is 0 Å². The number of fused-ring (bicyclic) bond motifs is 1. The number of hydrogen-bond donors (Lipinski definition) is 1. The highest BCUT2D eigenvalue weighted by atomic mass is 16.5. The Hall–Kier alpha value is -1.06. The summed E-state index contributed by atoms with van der Waals surface area (Å²) in [6.07, 6.45) is 7.27. The Bertz CT molecular complexity index is 480. The molecular formula is C19H30N2O. The SMILES string of the molecule is CCCCCNC1CC2(CCN(C)CC2)Oc2ccccc21. The van der Waals surface area contributed by atoms with Crippen LogP contribution in [0.25, 0.3) is 0 Å². The molecule has 1 atom stereocenters. The van der Waals surface area contributed by atoms with E-state index in [1.54, 1.807) is 0 Å². The second kappa shape index (κ2) is 7.01. The van der Waals surface area contributed by atoms with Gasteiger partial charge in [0, 0.05) is 31.1 Å². The second-order valence-corrected chi connectivity index (χ2v) is 7.04. The van der Waals surface area contributed by atoms with Crippen molar-refractivity contribution in [2.75, 3.05) is 26.7 Å². The lowest BCUT2D eigenvalue weighted by atomic mass is 9.80. The van der Waals surface area contributed by atoms with Crippen LogP contribution in [-0.2, 0) is 0 Å². The minimum Gasteiger partial charge on any atom is -0.487 e. The van der Waals surface area contributed by atoms with E-state index in [9.17, 15) is 0 Å². The van der Waals surface area contributed by atoms with Gasteiger partial charge in [-0.05, 0) is 38.9 Å². The Kier molecular flexibility index (Phi) is 5.04. The largest absolute Gasteiger partial charge is 0.487 e. The summed E-state index contributed by atoms with van der Waals surface area (Å²) in [5.41, 5.74) is 1.40. The second-order valence-electron chi connectivity index (χ2n) is 7.04. The van der Waals surface area contributed by atoms with Gasteiger partial charge in [-0.1, -0.05) is 38.0 Å². The average molecular weight is 302 g/mol. The van der Waals surface area contributed by atoms with Crippen LogP contribution in [0.15, 0.2) is 24.3 Å². The molecule has 3 rings (SSSR count). The molecule has 0 saturated carbocycles. The summed E-state index contributed by atoms with van der Waals surface area (Å²) in [6.45, 7) is 5.66. The molecular weight excluding hydrogens is 272 g/mol. The molecule has 0 aromatic heterocycles. The van der Waals surface area contributed by atoms with Crippen LogP contribution in [0.2, 0.25) is 0 Å². The fraction of sp³-hybridized carbons (Fsp3) is 0.684. The summed E-state index contributed by atoms with van der Waals surface area (Å²) >= 11 is 0. The summed E-state index contributed by atoms with van der Waals surface area (Å²) < 4.78 is 6.50. The summed E-state index contributed by atoms with van der Waals surface area (Å²) in [5.74, 6) is 1.10. The van der Waals surface area contributed by atoms with Crippen LogP contribution in [-0.4, -0.2) is 37.2 Å². The van der Waals surface area contributed by atoms with E-state index in [2.05, 4.69) is 48.5 Å². The zero-order chi connectivity index (χ0) is 15.4. The van der Waals surface area contributed by atoms with Gasteiger partial charge in [-0.2, -0.15) is 0 Å². The fourth-order valence-corrected chi connectivity index (χ4v) is 3.78. The summed E-state index contributed by atoms with van der Waals surface area (Å²) in [7, 11) is 2.21. The molecule has 1 saturated heterocycles. The predicted molar refractivity (Wildman–Crippen MR) is 91.4 cm³/mol. The quantitative estimate of drug-likeness (QED) is 0.838. The molecule has 1 N–H and O–H groups in total. The zero-order valence-corrected chi connectivity index (χ0v) is 14.1. The normalized spacial score (nSPS) is 24.0. The first-order valence-electron chi connectivity index (χ1n) is 8.92. The number of hydrogen-bond acceptors (Lipinski definition) is 3. The van der Waals surface area contributed by atoms with Gasteiger partial charge in [0.05, 0.1) is 0 Å². The molecule has 1 aromatic carbocycles. The Morgan fingerprint density at radius 1 is 1.23 bits per heavy atom. The molecule has 1 spiro atoms. The Morgan fingerprint density at radius 3 is 2.77 bits per heavy atom. The van der Waals surface area contributed by atoms with Crippen LogP contribution >= 0.6 is 0 Å². The molecule has 0 aliphatic carbocycles. The third-order valence-electron chi connectivity index (χ3n) is 5.27. The van der Waals surface area contributed by atoms with Gasteiger partial charge < -0.3 is 15.0 Å². The third-order valence-corrected chi connectivity index (χ3v) is 5.27. The van der Waals surface area contributed by atoms with E-state index in [1.165, 1.54) is 24.8 Å². The van der Waals surface area contributed by atoms with Crippen molar-refractivity contribution in [3.8, 4) is 5.75 Å². The van der Waals surface area contributed by atoms with Gasteiger partial charge in [0.15, 0.2) is 0 Å². The van der Waals surface area contributed by atoms with Crippen molar-refractivity contribution < 1.29 is 4.74 Å². The molecule has 1 fully saturated rings. The number of likely N-dealkylation sites (tertiary alicyclic amines) is 1. The molecule has 1 unspecified atom stereocenters. The lowest BCUT2D eigenvalue weighted by Gasteiger charge is -2.46. The number of benzene rings is 1. The van der Waals surface area contributed by atoms with Crippen LogP contribution in [0.5, 0.6) is 5.75 Å². The number of piperidine rings is 1. The molecule has 2 aliphatic rings. The Labute approximate surface area is 135 Å². The number of nitrogens with zero attached hydrogens (tertiary/aromatic N) is 1.